The number of carbonyl (C=O) groups is 1. The standard InChI is InChI=1S/C15H20FN3O2/c16-12-5-1-3-10(7-12)13-8-14(18-17-13)19-6-2-4-11(9-19)15(20)21/h1,3,5,7,11,13-14,17-18H,2,4,6,8-9H2,(H,20,21). The molecule has 114 valence electrons. The van der Waals surface area contributed by atoms with E-state index in [1.165, 1.54) is 12.1 Å². The number of nitrogens with one attached hydrogen (secondary N) is 2. The number of nitrogens with zero attached hydrogens (tertiary/aromatic N) is 1. The Morgan fingerprint density at radius 1 is 1.38 bits per heavy atom. The Kier molecular flexibility index (Phi) is 4.19. The van der Waals surface area contributed by atoms with Gasteiger partial charge >= 0.3 is 5.97 Å². The smallest absolute Gasteiger partial charge is 0.307 e. The van der Waals surface area contributed by atoms with Crippen molar-refractivity contribution in [3.8, 4) is 0 Å². The van der Waals surface area contributed by atoms with Crippen LogP contribution >= 0.6 is 0 Å². The summed E-state index contributed by atoms with van der Waals surface area (Å²) in [5.74, 6) is -1.23. The van der Waals surface area contributed by atoms with Gasteiger partial charge in [0.25, 0.3) is 0 Å². The molecule has 0 amide bonds. The lowest BCUT2D eigenvalue weighted by Gasteiger charge is -2.34. The van der Waals surface area contributed by atoms with E-state index in [1.54, 1.807) is 6.07 Å². The maximum Gasteiger partial charge on any atom is 0.307 e. The Hall–Kier alpha value is -1.50. The summed E-state index contributed by atoms with van der Waals surface area (Å²) in [6, 6.07) is 6.64. The molecule has 2 aliphatic heterocycles. The minimum Gasteiger partial charge on any atom is -0.481 e. The second kappa shape index (κ2) is 6.09. The summed E-state index contributed by atoms with van der Waals surface area (Å²) in [5.41, 5.74) is 7.31. The number of hydrazine groups is 1. The first-order valence-electron chi connectivity index (χ1n) is 7.37. The summed E-state index contributed by atoms with van der Waals surface area (Å²) in [6.07, 6.45) is 2.55. The number of hydrogen-bond acceptors (Lipinski definition) is 4. The average molecular weight is 293 g/mol. The second-order valence-corrected chi connectivity index (χ2v) is 5.82. The first kappa shape index (κ1) is 14.4. The molecule has 1 aromatic rings. The highest BCUT2D eigenvalue weighted by atomic mass is 19.1. The number of carboxylic acids is 1. The fourth-order valence-corrected chi connectivity index (χ4v) is 3.21. The summed E-state index contributed by atoms with van der Waals surface area (Å²) in [6.45, 7) is 1.48. The van der Waals surface area contributed by atoms with Crippen molar-refractivity contribution < 1.29 is 14.3 Å². The molecular formula is C15H20FN3O2. The third-order valence-electron chi connectivity index (χ3n) is 4.38. The van der Waals surface area contributed by atoms with Crippen LogP contribution in [0.1, 0.15) is 30.9 Å². The minimum absolute atomic E-state index is 0.0518. The summed E-state index contributed by atoms with van der Waals surface area (Å²) < 4.78 is 13.3. The lowest BCUT2D eigenvalue weighted by molar-refractivity contribution is -0.144. The highest BCUT2D eigenvalue weighted by molar-refractivity contribution is 5.70. The fourth-order valence-electron chi connectivity index (χ4n) is 3.21. The van der Waals surface area contributed by atoms with Gasteiger partial charge in [-0.2, -0.15) is 0 Å². The Balaban J connectivity index is 1.63. The Labute approximate surface area is 123 Å². The van der Waals surface area contributed by atoms with Gasteiger partial charge in [0.1, 0.15) is 5.82 Å². The highest BCUT2D eigenvalue weighted by Crippen LogP contribution is 2.27. The van der Waals surface area contributed by atoms with Gasteiger partial charge in [-0.3, -0.25) is 9.69 Å². The van der Waals surface area contributed by atoms with E-state index in [0.717, 1.165) is 31.4 Å². The zero-order valence-corrected chi connectivity index (χ0v) is 11.8. The molecule has 3 N–H and O–H groups in total. The van der Waals surface area contributed by atoms with Crippen molar-refractivity contribution in [3.05, 3.63) is 35.6 Å². The fraction of sp³-hybridized carbons (Fsp3) is 0.533. The number of hydrogen-bond donors (Lipinski definition) is 3. The van der Waals surface area contributed by atoms with E-state index in [0.29, 0.717) is 6.54 Å². The third-order valence-corrected chi connectivity index (χ3v) is 4.38. The first-order valence-corrected chi connectivity index (χ1v) is 7.37. The topological polar surface area (TPSA) is 64.6 Å². The summed E-state index contributed by atoms with van der Waals surface area (Å²) in [4.78, 5) is 13.3. The molecule has 0 bridgehead atoms. The van der Waals surface area contributed by atoms with Gasteiger partial charge in [0.15, 0.2) is 0 Å². The van der Waals surface area contributed by atoms with E-state index in [9.17, 15) is 9.18 Å². The first-order chi connectivity index (χ1) is 10.1. The van der Waals surface area contributed by atoms with Crippen LogP contribution in [0.25, 0.3) is 0 Å². The summed E-state index contributed by atoms with van der Waals surface area (Å²) >= 11 is 0. The second-order valence-electron chi connectivity index (χ2n) is 5.82. The molecule has 2 heterocycles. The molecule has 3 unspecified atom stereocenters. The quantitative estimate of drug-likeness (QED) is 0.788. The van der Waals surface area contributed by atoms with E-state index < -0.39 is 5.97 Å². The lowest BCUT2D eigenvalue weighted by Crippen LogP contribution is -2.50. The zero-order valence-electron chi connectivity index (χ0n) is 11.8. The minimum atomic E-state index is -0.715. The molecule has 0 saturated carbocycles. The SMILES string of the molecule is O=C(O)C1CCCN(C2CC(c3cccc(F)c3)NN2)C1. The lowest BCUT2D eigenvalue weighted by atomic mass is 9.96. The molecule has 3 atom stereocenters. The van der Waals surface area contributed by atoms with Crippen molar-refractivity contribution in [1.29, 1.82) is 0 Å². The van der Waals surface area contributed by atoms with Crippen LogP contribution < -0.4 is 10.9 Å². The number of piperidine rings is 1. The van der Waals surface area contributed by atoms with Gasteiger partial charge in [-0.1, -0.05) is 12.1 Å². The normalized spacial score (nSPS) is 30.4. The molecule has 0 radical (unpaired) electrons. The maximum absolute atomic E-state index is 13.3. The third kappa shape index (κ3) is 3.23. The van der Waals surface area contributed by atoms with E-state index in [-0.39, 0.29) is 23.9 Å². The van der Waals surface area contributed by atoms with Gasteiger partial charge in [0.05, 0.1) is 12.1 Å². The molecule has 0 spiro atoms. The number of aliphatic carboxylic acids is 1. The Bertz CT molecular complexity index is 525. The van der Waals surface area contributed by atoms with Gasteiger partial charge in [-0.15, -0.1) is 0 Å². The molecule has 0 aliphatic carbocycles. The van der Waals surface area contributed by atoms with Crippen LogP contribution in [0.5, 0.6) is 0 Å². The molecule has 5 nitrogen and oxygen atoms in total. The Morgan fingerprint density at radius 2 is 2.24 bits per heavy atom. The molecular weight excluding hydrogens is 273 g/mol. The highest BCUT2D eigenvalue weighted by Gasteiger charge is 2.34. The van der Waals surface area contributed by atoms with E-state index in [2.05, 4.69) is 15.8 Å². The maximum atomic E-state index is 13.3. The van der Waals surface area contributed by atoms with Gasteiger partial charge in [0.2, 0.25) is 0 Å². The van der Waals surface area contributed by atoms with Gasteiger partial charge in [0, 0.05) is 12.6 Å². The molecule has 2 saturated heterocycles. The van der Waals surface area contributed by atoms with Crippen LogP contribution in [0, 0.1) is 11.7 Å². The zero-order chi connectivity index (χ0) is 14.8. The van der Waals surface area contributed by atoms with Crippen LogP contribution in [0.2, 0.25) is 0 Å². The van der Waals surface area contributed by atoms with Crippen molar-refractivity contribution in [2.24, 2.45) is 5.92 Å². The average Bonchev–Trinajstić information content (AvgIpc) is 2.97. The van der Waals surface area contributed by atoms with E-state index in [1.807, 2.05) is 6.07 Å². The predicted molar refractivity (Wildman–Crippen MR) is 75.8 cm³/mol. The Morgan fingerprint density at radius 3 is 3.00 bits per heavy atom. The number of rotatable bonds is 3. The predicted octanol–water partition coefficient (Wildman–Crippen LogP) is 1.49. The van der Waals surface area contributed by atoms with Crippen LogP contribution in [0.3, 0.4) is 0 Å². The number of likely N-dealkylation sites (tertiary alicyclic amines) is 1. The molecule has 21 heavy (non-hydrogen) atoms. The molecule has 2 fully saturated rings. The monoisotopic (exact) mass is 293 g/mol. The molecule has 0 aromatic heterocycles. The number of carboxylic acid groups (broad SMARTS) is 1. The van der Waals surface area contributed by atoms with Crippen LogP contribution in [-0.2, 0) is 4.79 Å². The summed E-state index contributed by atoms with van der Waals surface area (Å²) in [5, 5.41) is 9.15. The van der Waals surface area contributed by atoms with Crippen molar-refractivity contribution in [3.63, 3.8) is 0 Å². The molecule has 2 aliphatic rings. The van der Waals surface area contributed by atoms with Gasteiger partial charge < -0.3 is 5.11 Å². The summed E-state index contributed by atoms with van der Waals surface area (Å²) in [7, 11) is 0. The van der Waals surface area contributed by atoms with Crippen LogP contribution in [0.4, 0.5) is 4.39 Å². The van der Waals surface area contributed by atoms with Crippen LogP contribution in [-0.4, -0.2) is 35.2 Å². The van der Waals surface area contributed by atoms with E-state index >= 15 is 0 Å². The van der Waals surface area contributed by atoms with Crippen molar-refractivity contribution in [1.82, 2.24) is 15.8 Å². The van der Waals surface area contributed by atoms with Crippen molar-refractivity contribution in [2.45, 2.75) is 31.5 Å². The largest absolute Gasteiger partial charge is 0.481 e. The number of halogens is 1. The molecule has 1 aromatic carbocycles. The van der Waals surface area contributed by atoms with Crippen LogP contribution in [0.15, 0.2) is 24.3 Å². The molecule has 3 rings (SSSR count). The van der Waals surface area contributed by atoms with E-state index in [4.69, 9.17) is 5.11 Å². The van der Waals surface area contributed by atoms with Gasteiger partial charge in [-0.05, 0) is 43.5 Å². The van der Waals surface area contributed by atoms with Crippen molar-refractivity contribution >= 4 is 5.97 Å². The number of benzene rings is 1. The van der Waals surface area contributed by atoms with Crippen molar-refractivity contribution in [2.75, 3.05) is 13.1 Å². The van der Waals surface area contributed by atoms with Gasteiger partial charge in [-0.25, -0.2) is 15.2 Å². The molecule has 6 heteroatoms.